The van der Waals surface area contributed by atoms with Crippen LogP contribution in [0.3, 0.4) is 0 Å². The van der Waals surface area contributed by atoms with Gasteiger partial charge in [0.05, 0.1) is 39.1 Å². The maximum Gasteiger partial charge on any atom is 0.339 e. The van der Waals surface area contributed by atoms with E-state index in [1.807, 2.05) is 12.1 Å². The first-order chi connectivity index (χ1) is 13.2. The van der Waals surface area contributed by atoms with Gasteiger partial charge in [-0.15, -0.1) is 0 Å². The number of hydrogen-bond donors (Lipinski definition) is 1. The van der Waals surface area contributed by atoms with Crippen LogP contribution in [-0.2, 0) is 14.2 Å². The molecular weight excluding hydrogens is 352 g/mol. The number of nitrogens with two attached hydrogens (primary N) is 1. The number of carbonyl (C=O) groups is 1. The van der Waals surface area contributed by atoms with Gasteiger partial charge in [-0.2, -0.15) is 0 Å². The van der Waals surface area contributed by atoms with Gasteiger partial charge in [-0.05, 0) is 18.2 Å². The number of ether oxygens (including phenoxy) is 5. The molecule has 0 amide bonds. The number of carbonyl (C=O) groups excluding carboxylic acids is 1. The Morgan fingerprint density at radius 2 is 1.74 bits per heavy atom. The summed E-state index contributed by atoms with van der Waals surface area (Å²) in [5, 5.41) is 0. The van der Waals surface area contributed by atoms with Crippen LogP contribution < -0.4 is 15.2 Å². The fourth-order valence-electron chi connectivity index (χ4n) is 2.05. The lowest BCUT2D eigenvalue weighted by atomic mass is 10.3. The first-order valence-electron chi connectivity index (χ1n) is 8.53. The summed E-state index contributed by atoms with van der Waals surface area (Å²) in [6.07, 6.45) is 1.40. The van der Waals surface area contributed by atoms with Gasteiger partial charge < -0.3 is 29.4 Å². The second kappa shape index (κ2) is 11.8. The third kappa shape index (κ3) is 7.61. The second-order valence-electron chi connectivity index (χ2n) is 5.32. The normalized spacial score (nSPS) is 10.4. The molecule has 0 spiro atoms. The van der Waals surface area contributed by atoms with E-state index in [0.717, 1.165) is 0 Å². The van der Waals surface area contributed by atoms with Crippen molar-refractivity contribution < 1.29 is 28.5 Å². The van der Waals surface area contributed by atoms with Crippen molar-refractivity contribution in [1.29, 1.82) is 0 Å². The zero-order chi connectivity index (χ0) is 19.3. The van der Waals surface area contributed by atoms with E-state index in [0.29, 0.717) is 62.5 Å². The predicted molar refractivity (Wildman–Crippen MR) is 98.3 cm³/mol. The van der Waals surface area contributed by atoms with E-state index in [1.54, 1.807) is 24.3 Å². The average molecular weight is 376 g/mol. The van der Waals surface area contributed by atoms with Crippen molar-refractivity contribution in [2.75, 3.05) is 46.7 Å². The Bertz CT molecular complexity index is 693. The van der Waals surface area contributed by atoms with Crippen molar-refractivity contribution in [2.45, 2.75) is 0 Å². The molecule has 1 aromatic heterocycles. The van der Waals surface area contributed by atoms with Gasteiger partial charge in [0.1, 0.15) is 18.1 Å². The molecule has 1 heterocycles. The van der Waals surface area contributed by atoms with E-state index in [-0.39, 0.29) is 0 Å². The molecule has 2 N–H and O–H groups in total. The number of nitrogens with zero attached hydrogens (tertiary/aromatic N) is 1. The van der Waals surface area contributed by atoms with Gasteiger partial charge in [0.15, 0.2) is 0 Å². The summed E-state index contributed by atoms with van der Waals surface area (Å²) in [6, 6.07) is 10.4. The van der Waals surface area contributed by atoms with E-state index in [2.05, 4.69) is 9.72 Å². The highest BCUT2D eigenvalue weighted by Crippen LogP contribution is 2.24. The van der Waals surface area contributed by atoms with Crippen LogP contribution in [0.5, 0.6) is 17.4 Å². The number of rotatable bonds is 12. The summed E-state index contributed by atoms with van der Waals surface area (Å²) >= 11 is 0. The standard InChI is InChI=1S/C19H24N2O6/c1-23-19(22)15-5-6-18(21-14-15)27-17-4-2-3-16(13-17)26-12-11-25-10-9-24-8-7-20/h2-6,13-14H,7-12,20H2,1H3. The Labute approximate surface area is 158 Å². The van der Waals surface area contributed by atoms with Crippen LogP contribution in [0.25, 0.3) is 0 Å². The SMILES string of the molecule is COC(=O)c1ccc(Oc2cccc(OCCOCCOCCN)c2)nc1. The van der Waals surface area contributed by atoms with E-state index in [9.17, 15) is 4.79 Å². The maximum atomic E-state index is 11.4. The maximum absolute atomic E-state index is 11.4. The van der Waals surface area contributed by atoms with E-state index in [4.69, 9.17) is 24.7 Å². The van der Waals surface area contributed by atoms with Gasteiger partial charge in [-0.1, -0.05) is 6.07 Å². The third-order valence-electron chi connectivity index (χ3n) is 3.32. The molecule has 8 nitrogen and oxygen atoms in total. The molecule has 0 aliphatic rings. The zero-order valence-electron chi connectivity index (χ0n) is 15.3. The molecule has 8 heteroatoms. The number of hydrogen-bond acceptors (Lipinski definition) is 8. The molecule has 2 rings (SSSR count). The van der Waals surface area contributed by atoms with Gasteiger partial charge in [-0.25, -0.2) is 9.78 Å². The first kappa shape index (κ1) is 20.6. The molecule has 0 atom stereocenters. The summed E-state index contributed by atoms with van der Waals surface area (Å²) in [6.45, 7) is 2.92. The van der Waals surface area contributed by atoms with Crippen LogP contribution in [0.2, 0.25) is 0 Å². The van der Waals surface area contributed by atoms with Crippen molar-refractivity contribution in [1.82, 2.24) is 4.98 Å². The quantitative estimate of drug-likeness (QED) is 0.443. The Kier molecular flexibility index (Phi) is 9.05. The van der Waals surface area contributed by atoms with Crippen molar-refractivity contribution in [3.63, 3.8) is 0 Å². The molecule has 1 aromatic carbocycles. The van der Waals surface area contributed by atoms with E-state index >= 15 is 0 Å². The highest BCUT2D eigenvalue weighted by molar-refractivity contribution is 5.88. The molecule has 0 fully saturated rings. The topological polar surface area (TPSA) is 102 Å². The second-order valence-corrected chi connectivity index (χ2v) is 5.32. The highest BCUT2D eigenvalue weighted by Gasteiger charge is 2.07. The molecule has 0 bridgehead atoms. The van der Waals surface area contributed by atoms with Gasteiger partial charge in [-0.3, -0.25) is 0 Å². The van der Waals surface area contributed by atoms with Gasteiger partial charge in [0, 0.05) is 24.9 Å². The molecule has 0 unspecified atom stereocenters. The third-order valence-corrected chi connectivity index (χ3v) is 3.32. The van der Waals surface area contributed by atoms with Crippen molar-refractivity contribution >= 4 is 5.97 Å². The van der Waals surface area contributed by atoms with Crippen molar-refractivity contribution in [3.05, 3.63) is 48.2 Å². The number of methoxy groups -OCH3 is 1. The van der Waals surface area contributed by atoms with Gasteiger partial charge in [0.2, 0.25) is 5.88 Å². The fraction of sp³-hybridized carbons (Fsp3) is 0.368. The lowest BCUT2D eigenvalue weighted by Crippen LogP contribution is -2.14. The van der Waals surface area contributed by atoms with Crippen LogP contribution >= 0.6 is 0 Å². The van der Waals surface area contributed by atoms with Crippen LogP contribution in [0.4, 0.5) is 0 Å². The number of aromatic nitrogens is 1. The molecule has 0 saturated heterocycles. The lowest BCUT2D eigenvalue weighted by Gasteiger charge is -2.09. The van der Waals surface area contributed by atoms with Crippen LogP contribution in [-0.4, -0.2) is 57.6 Å². The minimum absolute atomic E-state index is 0.357. The van der Waals surface area contributed by atoms with E-state index in [1.165, 1.54) is 13.3 Å². The van der Waals surface area contributed by atoms with Crippen LogP contribution in [0.1, 0.15) is 10.4 Å². The minimum atomic E-state index is -0.447. The summed E-state index contributed by atoms with van der Waals surface area (Å²) in [5.41, 5.74) is 5.68. The predicted octanol–water partition coefficient (Wildman–Crippen LogP) is 2.03. The van der Waals surface area contributed by atoms with Crippen LogP contribution in [0.15, 0.2) is 42.6 Å². The zero-order valence-corrected chi connectivity index (χ0v) is 15.3. The van der Waals surface area contributed by atoms with Gasteiger partial charge >= 0.3 is 5.97 Å². The summed E-state index contributed by atoms with van der Waals surface area (Å²) < 4.78 is 26.5. The molecule has 0 aliphatic heterocycles. The van der Waals surface area contributed by atoms with Crippen molar-refractivity contribution in [2.24, 2.45) is 5.73 Å². The molecular formula is C19H24N2O6. The number of benzene rings is 1. The summed E-state index contributed by atoms with van der Waals surface area (Å²) in [5.74, 6) is 1.14. The monoisotopic (exact) mass is 376 g/mol. The van der Waals surface area contributed by atoms with E-state index < -0.39 is 5.97 Å². The number of esters is 1. The molecule has 0 radical (unpaired) electrons. The first-order valence-corrected chi connectivity index (χ1v) is 8.53. The highest BCUT2D eigenvalue weighted by atomic mass is 16.5. The molecule has 0 saturated carbocycles. The van der Waals surface area contributed by atoms with Gasteiger partial charge in [0.25, 0.3) is 0 Å². The lowest BCUT2D eigenvalue weighted by molar-refractivity contribution is 0.0388. The Morgan fingerprint density at radius 3 is 2.44 bits per heavy atom. The summed E-state index contributed by atoms with van der Waals surface area (Å²) in [4.78, 5) is 15.5. The minimum Gasteiger partial charge on any atom is -0.491 e. The average Bonchev–Trinajstić information content (AvgIpc) is 2.70. The Hall–Kier alpha value is -2.68. The largest absolute Gasteiger partial charge is 0.491 e. The summed E-state index contributed by atoms with van der Waals surface area (Å²) in [7, 11) is 1.32. The smallest absolute Gasteiger partial charge is 0.339 e. The van der Waals surface area contributed by atoms with Crippen molar-refractivity contribution in [3.8, 4) is 17.4 Å². The molecule has 27 heavy (non-hydrogen) atoms. The Morgan fingerprint density at radius 1 is 1.00 bits per heavy atom. The number of pyridine rings is 1. The molecule has 146 valence electrons. The molecule has 2 aromatic rings. The fourth-order valence-corrected chi connectivity index (χ4v) is 2.05. The van der Waals surface area contributed by atoms with Crippen LogP contribution in [0, 0.1) is 0 Å². The molecule has 0 aliphatic carbocycles. The Balaban J connectivity index is 1.75.